The molecular formula is C25H24N8O2. The fourth-order valence-corrected chi connectivity index (χ4v) is 3.63. The number of nitrogens with one attached hydrogen (secondary N) is 1. The molecule has 0 unspecified atom stereocenters. The van der Waals surface area contributed by atoms with Gasteiger partial charge >= 0.3 is 0 Å². The third kappa shape index (κ3) is 4.58. The summed E-state index contributed by atoms with van der Waals surface area (Å²) in [4.78, 5) is 30.7. The molecule has 0 spiro atoms. The summed E-state index contributed by atoms with van der Waals surface area (Å²) >= 11 is 0. The number of aromatic nitrogens is 7. The topological polar surface area (TPSA) is 113 Å². The first-order valence-electron chi connectivity index (χ1n) is 11.1. The minimum Gasteiger partial charge on any atom is -0.456 e. The molecule has 10 nitrogen and oxygen atoms in total. The minimum atomic E-state index is -0.183. The number of nitrogens with zero attached hydrogens (tertiary/aromatic N) is 7. The van der Waals surface area contributed by atoms with Crippen LogP contribution in [0.1, 0.15) is 13.8 Å². The van der Waals surface area contributed by atoms with E-state index in [4.69, 9.17) is 4.74 Å². The molecule has 0 radical (unpaired) electrons. The molecule has 0 saturated carbocycles. The first kappa shape index (κ1) is 22.2. The van der Waals surface area contributed by atoms with Gasteiger partial charge in [0.1, 0.15) is 11.5 Å². The Hall–Kier alpha value is -4.60. The van der Waals surface area contributed by atoms with Crippen LogP contribution in [0.4, 0.5) is 5.95 Å². The SMILES string of the molecule is CC(C)Nc1ncc(-c2ccc3cc(Oc4ccnc(-c5cnn(C)c5)c4)cnc3n2)c(=O)n1C. The van der Waals surface area contributed by atoms with Gasteiger partial charge in [0, 0.05) is 55.7 Å². The van der Waals surface area contributed by atoms with Crippen LogP contribution in [0.25, 0.3) is 33.5 Å². The zero-order chi connectivity index (χ0) is 24.5. The highest BCUT2D eigenvalue weighted by Gasteiger charge is 2.13. The average molecular weight is 469 g/mol. The highest BCUT2D eigenvalue weighted by atomic mass is 16.5. The number of aryl methyl sites for hydroxylation is 1. The summed E-state index contributed by atoms with van der Waals surface area (Å²) < 4.78 is 9.23. The highest BCUT2D eigenvalue weighted by molar-refractivity contribution is 5.79. The van der Waals surface area contributed by atoms with Gasteiger partial charge in [0.2, 0.25) is 5.95 Å². The van der Waals surface area contributed by atoms with Crippen molar-refractivity contribution >= 4 is 17.0 Å². The van der Waals surface area contributed by atoms with E-state index in [2.05, 4.69) is 30.4 Å². The summed E-state index contributed by atoms with van der Waals surface area (Å²) in [5.74, 6) is 1.71. The van der Waals surface area contributed by atoms with Gasteiger partial charge in [-0.2, -0.15) is 5.10 Å². The lowest BCUT2D eigenvalue weighted by Gasteiger charge is -2.13. The molecule has 0 amide bonds. The zero-order valence-corrected chi connectivity index (χ0v) is 19.8. The van der Waals surface area contributed by atoms with Crippen LogP contribution in [0.15, 0.2) is 66.1 Å². The lowest BCUT2D eigenvalue weighted by atomic mass is 10.2. The predicted molar refractivity (Wildman–Crippen MR) is 133 cm³/mol. The van der Waals surface area contributed by atoms with Crippen LogP contribution in [0.3, 0.4) is 0 Å². The van der Waals surface area contributed by atoms with E-state index >= 15 is 0 Å². The van der Waals surface area contributed by atoms with Gasteiger partial charge in [-0.1, -0.05) is 0 Å². The third-order valence-electron chi connectivity index (χ3n) is 5.35. The molecule has 0 aliphatic heterocycles. The minimum absolute atomic E-state index is 0.160. The van der Waals surface area contributed by atoms with Crippen LogP contribution in [-0.4, -0.2) is 40.3 Å². The van der Waals surface area contributed by atoms with Crippen molar-refractivity contribution in [3.63, 3.8) is 0 Å². The van der Waals surface area contributed by atoms with Gasteiger partial charge in [-0.15, -0.1) is 0 Å². The fourth-order valence-electron chi connectivity index (χ4n) is 3.63. The number of ether oxygens (including phenoxy) is 1. The molecular weight excluding hydrogens is 444 g/mol. The maximum atomic E-state index is 12.9. The molecule has 176 valence electrons. The Morgan fingerprint density at radius 2 is 1.80 bits per heavy atom. The molecule has 1 N–H and O–H groups in total. The summed E-state index contributed by atoms with van der Waals surface area (Å²) in [5, 5.41) is 8.13. The van der Waals surface area contributed by atoms with E-state index in [0.717, 1.165) is 16.6 Å². The van der Waals surface area contributed by atoms with Gasteiger partial charge in [-0.25, -0.2) is 15.0 Å². The van der Waals surface area contributed by atoms with E-state index in [9.17, 15) is 4.79 Å². The lowest BCUT2D eigenvalue weighted by molar-refractivity contribution is 0.481. The predicted octanol–water partition coefficient (Wildman–Crippen LogP) is 3.80. The van der Waals surface area contributed by atoms with Crippen LogP contribution < -0.4 is 15.6 Å². The number of anilines is 1. The van der Waals surface area contributed by atoms with Crippen molar-refractivity contribution in [1.82, 2.24) is 34.3 Å². The largest absolute Gasteiger partial charge is 0.456 e. The maximum Gasteiger partial charge on any atom is 0.264 e. The molecule has 0 aliphatic carbocycles. The van der Waals surface area contributed by atoms with Crippen LogP contribution in [0, 0.1) is 0 Å². The summed E-state index contributed by atoms with van der Waals surface area (Å²) in [5.41, 5.74) is 2.91. The lowest BCUT2D eigenvalue weighted by Crippen LogP contribution is -2.25. The standard InChI is InChI=1S/C25H24N8O2/c1-15(2)30-25-28-13-20(24(34)33(25)4)21-6-5-16-9-19(12-27-23(16)31-21)35-18-7-8-26-22(10-18)17-11-29-32(3)14-17/h5-15H,1-4H3,(H,28,30). The van der Waals surface area contributed by atoms with Crippen molar-refractivity contribution in [2.45, 2.75) is 19.9 Å². The van der Waals surface area contributed by atoms with Crippen LogP contribution in [0.5, 0.6) is 11.5 Å². The Kier molecular flexibility index (Phi) is 5.69. The smallest absolute Gasteiger partial charge is 0.264 e. The summed E-state index contributed by atoms with van der Waals surface area (Å²) in [6.45, 7) is 3.98. The van der Waals surface area contributed by atoms with Crippen molar-refractivity contribution < 1.29 is 4.74 Å². The Labute approximate surface area is 201 Å². The van der Waals surface area contributed by atoms with Gasteiger partial charge in [0.25, 0.3) is 5.56 Å². The van der Waals surface area contributed by atoms with E-state index in [1.807, 2.05) is 45.3 Å². The zero-order valence-electron chi connectivity index (χ0n) is 19.8. The number of rotatable bonds is 6. The molecule has 5 heterocycles. The molecule has 5 aromatic heterocycles. The molecule has 0 bridgehead atoms. The van der Waals surface area contributed by atoms with E-state index in [-0.39, 0.29) is 11.6 Å². The summed E-state index contributed by atoms with van der Waals surface area (Å²) in [6, 6.07) is 9.30. The molecule has 0 aliphatic rings. The van der Waals surface area contributed by atoms with Crippen molar-refractivity contribution in [2.24, 2.45) is 14.1 Å². The quantitative estimate of drug-likeness (QED) is 0.400. The number of hydrogen-bond donors (Lipinski definition) is 1. The first-order valence-corrected chi connectivity index (χ1v) is 11.1. The normalized spacial score (nSPS) is 11.2. The van der Waals surface area contributed by atoms with Crippen LogP contribution in [-0.2, 0) is 14.1 Å². The first-order chi connectivity index (χ1) is 16.9. The van der Waals surface area contributed by atoms with E-state index in [0.29, 0.717) is 34.4 Å². The number of pyridine rings is 3. The Morgan fingerprint density at radius 3 is 2.57 bits per heavy atom. The third-order valence-corrected chi connectivity index (χ3v) is 5.35. The van der Waals surface area contributed by atoms with Gasteiger partial charge in [-0.05, 0) is 38.1 Å². The second-order valence-corrected chi connectivity index (χ2v) is 8.45. The maximum absolute atomic E-state index is 12.9. The highest BCUT2D eigenvalue weighted by Crippen LogP contribution is 2.27. The second-order valence-electron chi connectivity index (χ2n) is 8.45. The summed E-state index contributed by atoms with van der Waals surface area (Å²) in [7, 11) is 3.54. The Balaban J connectivity index is 1.41. The van der Waals surface area contributed by atoms with Gasteiger partial charge < -0.3 is 10.1 Å². The molecule has 0 fully saturated rings. The van der Waals surface area contributed by atoms with Gasteiger partial charge in [0.05, 0.1) is 29.3 Å². The molecule has 5 rings (SSSR count). The van der Waals surface area contributed by atoms with Crippen molar-refractivity contribution in [2.75, 3.05) is 5.32 Å². The van der Waals surface area contributed by atoms with Crippen LogP contribution >= 0.6 is 0 Å². The van der Waals surface area contributed by atoms with E-state index < -0.39 is 0 Å². The molecule has 35 heavy (non-hydrogen) atoms. The monoisotopic (exact) mass is 468 g/mol. The number of hydrogen-bond acceptors (Lipinski definition) is 8. The Morgan fingerprint density at radius 1 is 0.943 bits per heavy atom. The molecule has 0 saturated heterocycles. The van der Waals surface area contributed by atoms with E-state index in [1.54, 1.807) is 48.6 Å². The molecule has 10 heteroatoms. The Bertz CT molecular complexity index is 1590. The fraction of sp³-hybridized carbons (Fsp3) is 0.200. The van der Waals surface area contributed by atoms with Crippen molar-refractivity contribution in [3.05, 3.63) is 71.7 Å². The molecule has 0 aromatic carbocycles. The number of fused-ring (bicyclic) bond motifs is 1. The van der Waals surface area contributed by atoms with Gasteiger partial charge in [0.15, 0.2) is 5.65 Å². The van der Waals surface area contributed by atoms with Crippen molar-refractivity contribution in [3.8, 4) is 34.0 Å². The van der Waals surface area contributed by atoms with Crippen molar-refractivity contribution in [1.29, 1.82) is 0 Å². The molecule has 5 aromatic rings. The van der Waals surface area contributed by atoms with Gasteiger partial charge in [-0.3, -0.25) is 19.0 Å². The average Bonchev–Trinajstić information content (AvgIpc) is 3.28. The van der Waals surface area contributed by atoms with E-state index in [1.165, 1.54) is 4.57 Å². The summed E-state index contributed by atoms with van der Waals surface area (Å²) in [6.07, 6.45) is 8.49. The second kappa shape index (κ2) is 8.98. The van der Waals surface area contributed by atoms with Crippen LogP contribution in [0.2, 0.25) is 0 Å². The molecule has 0 atom stereocenters.